The molecular weight excluding hydrogens is 194 g/mol. The highest BCUT2D eigenvalue weighted by Crippen LogP contribution is 2.23. The van der Waals surface area contributed by atoms with Crippen LogP contribution in [-0.2, 0) is 14.3 Å². The number of carbonyl (C=O) groups excluding carboxylic acids is 2. The molecule has 1 heterocycles. The minimum atomic E-state index is -0.354. The van der Waals surface area contributed by atoms with E-state index in [2.05, 4.69) is 0 Å². The maximum absolute atomic E-state index is 11.6. The third kappa shape index (κ3) is 2.49. The van der Waals surface area contributed by atoms with Crippen LogP contribution in [0.1, 0.15) is 40.0 Å². The van der Waals surface area contributed by atoms with E-state index in [1.807, 2.05) is 13.8 Å². The van der Waals surface area contributed by atoms with Gasteiger partial charge in [-0.15, -0.1) is 0 Å². The first kappa shape index (κ1) is 12.0. The molecule has 0 saturated carbocycles. The van der Waals surface area contributed by atoms with Crippen molar-refractivity contribution in [2.75, 3.05) is 6.61 Å². The van der Waals surface area contributed by atoms with Crippen molar-refractivity contribution < 1.29 is 14.3 Å². The molecule has 1 saturated heterocycles. The number of ether oxygens (including phenoxy) is 1. The van der Waals surface area contributed by atoms with Crippen molar-refractivity contribution in [3.05, 3.63) is 0 Å². The molecule has 2 atom stereocenters. The molecule has 0 N–H and O–H groups in total. The van der Waals surface area contributed by atoms with Crippen molar-refractivity contribution in [2.24, 2.45) is 0 Å². The van der Waals surface area contributed by atoms with E-state index in [1.54, 1.807) is 11.8 Å². The molecule has 0 aromatic heterocycles. The molecule has 0 aliphatic carbocycles. The van der Waals surface area contributed by atoms with Crippen LogP contribution in [0.2, 0.25) is 0 Å². The Morgan fingerprint density at radius 2 is 2.27 bits per heavy atom. The Morgan fingerprint density at radius 3 is 2.80 bits per heavy atom. The van der Waals surface area contributed by atoms with Crippen LogP contribution in [0, 0.1) is 0 Å². The summed E-state index contributed by atoms with van der Waals surface area (Å²) >= 11 is 0. The minimum Gasteiger partial charge on any atom is -0.464 e. The summed E-state index contributed by atoms with van der Waals surface area (Å²) in [5, 5.41) is 0. The van der Waals surface area contributed by atoms with Gasteiger partial charge in [-0.05, 0) is 26.7 Å². The van der Waals surface area contributed by atoms with Gasteiger partial charge in [0.25, 0.3) is 0 Å². The van der Waals surface area contributed by atoms with Crippen molar-refractivity contribution in [2.45, 2.75) is 52.1 Å². The van der Waals surface area contributed by atoms with Crippen LogP contribution < -0.4 is 0 Å². The summed E-state index contributed by atoms with van der Waals surface area (Å²) in [6, 6.07) is -0.234. The number of carbonyl (C=O) groups is 2. The van der Waals surface area contributed by atoms with E-state index in [4.69, 9.17) is 4.74 Å². The molecule has 1 rings (SSSR count). The lowest BCUT2D eigenvalue weighted by molar-refractivity contribution is -0.152. The van der Waals surface area contributed by atoms with Gasteiger partial charge in [0.15, 0.2) is 0 Å². The molecule has 86 valence electrons. The van der Waals surface area contributed by atoms with Gasteiger partial charge < -0.3 is 9.64 Å². The van der Waals surface area contributed by atoms with E-state index in [-0.39, 0.29) is 24.0 Å². The van der Waals surface area contributed by atoms with Gasteiger partial charge in [-0.1, -0.05) is 6.92 Å². The van der Waals surface area contributed by atoms with Crippen LogP contribution in [0.3, 0.4) is 0 Å². The van der Waals surface area contributed by atoms with Crippen molar-refractivity contribution >= 4 is 11.9 Å². The van der Waals surface area contributed by atoms with Gasteiger partial charge in [0.1, 0.15) is 6.04 Å². The normalized spacial score (nSPS) is 23.0. The molecule has 1 unspecified atom stereocenters. The summed E-state index contributed by atoms with van der Waals surface area (Å²) in [6.07, 6.45) is 1.93. The Labute approximate surface area is 90.6 Å². The first-order chi connectivity index (χ1) is 7.11. The maximum atomic E-state index is 11.6. The molecule has 1 fully saturated rings. The highest BCUT2D eigenvalue weighted by Gasteiger charge is 2.38. The molecule has 0 spiro atoms. The highest BCUT2D eigenvalue weighted by molar-refractivity contribution is 5.88. The van der Waals surface area contributed by atoms with E-state index in [0.29, 0.717) is 19.4 Å². The zero-order valence-electron chi connectivity index (χ0n) is 9.66. The second kappa shape index (κ2) is 5.14. The lowest BCUT2D eigenvalue weighted by Gasteiger charge is -2.28. The third-order valence-electron chi connectivity index (χ3n) is 2.88. The number of nitrogens with zero attached hydrogens (tertiary/aromatic N) is 1. The van der Waals surface area contributed by atoms with Crippen LogP contribution in [0.25, 0.3) is 0 Å². The molecule has 0 bridgehead atoms. The molecule has 1 aliphatic rings. The van der Waals surface area contributed by atoms with Crippen LogP contribution in [-0.4, -0.2) is 35.5 Å². The number of hydrogen-bond acceptors (Lipinski definition) is 3. The fourth-order valence-corrected chi connectivity index (χ4v) is 1.92. The first-order valence-corrected chi connectivity index (χ1v) is 5.59. The zero-order chi connectivity index (χ0) is 11.4. The molecule has 0 radical (unpaired) electrons. The Bertz CT molecular complexity index is 252. The summed E-state index contributed by atoms with van der Waals surface area (Å²) in [5.41, 5.74) is 0. The standard InChI is InChI=1S/C11H19NO3/c1-4-8(3)12-9(6-7-10(12)13)11(14)15-5-2/h8-9H,4-7H2,1-3H3/t8?,9-/m0/s1. The lowest BCUT2D eigenvalue weighted by atomic mass is 10.1. The van der Waals surface area contributed by atoms with Crippen molar-refractivity contribution in [3.8, 4) is 0 Å². The Morgan fingerprint density at radius 1 is 1.60 bits per heavy atom. The molecule has 15 heavy (non-hydrogen) atoms. The molecule has 1 amide bonds. The van der Waals surface area contributed by atoms with E-state index in [9.17, 15) is 9.59 Å². The summed E-state index contributed by atoms with van der Waals surface area (Å²) in [7, 11) is 0. The lowest BCUT2D eigenvalue weighted by Crippen LogP contribution is -2.44. The largest absolute Gasteiger partial charge is 0.464 e. The second-order valence-electron chi connectivity index (χ2n) is 3.86. The molecule has 4 nitrogen and oxygen atoms in total. The average molecular weight is 213 g/mol. The van der Waals surface area contributed by atoms with Crippen molar-refractivity contribution in [3.63, 3.8) is 0 Å². The average Bonchev–Trinajstić information content (AvgIpc) is 2.59. The monoisotopic (exact) mass is 213 g/mol. The maximum Gasteiger partial charge on any atom is 0.328 e. The molecular formula is C11H19NO3. The van der Waals surface area contributed by atoms with Crippen LogP contribution >= 0.6 is 0 Å². The number of esters is 1. The fourth-order valence-electron chi connectivity index (χ4n) is 1.92. The van der Waals surface area contributed by atoms with Gasteiger partial charge in [-0.25, -0.2) is 4.79 Å². The molecule has 0 aromatic rings. The van der Waals surface area contributed by atoms with Crippen molar-refractivity contribution in [1.82, 2.24) is 4.90 Å². The second-order valence-corrected chi connectivity index (χ2v) is 3.86. The van der Waals surface area contributed by atoms with Crippen LogP contribution in [0.15, 0.2) is 0 Å². The number of amides is 1. The van der Waals surface area contributed by atoms with Gasteiger partial charge in [0.05, 0.1) is 6.61 Å². The Kier molecular flexibility index (Phi) is 4.12. The predicted octanol–water partition coefficient (Wildman–Crippen LogP) is 1.34. The van der Waals surface area contributed by atoms with Crippen LogP contribution in [0.5, 0.6) is 0 Å². The summed E-state index contributed by atoms with van der Waals surface area (Å²) < 4.78 is 4.97. The molecule has 1 aliphatic heterocycles. The fraction of sp³-hybridized carbons (Fsp3) is 0.818. The topological polar surface area (TPSA) is 46.6 Å². The number of rotatable bonds is 4. The molecule has 4 heteroatoms. The SMILES string of the molecule is CCOC(=O)[C@@H]1CCC(=O)N1C(C)CC. The minimum absolute atomic E-state index is 0.0717. The van der Waals surface area contributed by atoms with Gasteiger partial charge in [0.2, 0.25) is 5.91 Å². The Balaban J connectivity index is 2.71. The van der Waals surface area contributed by atoms with E-state index in [1.165, 1.54) is 0 Å². The van der Waals surface area contributed by atoms with E-state index >= 15 is 0 Å². The quantitative estimate of drug-likeness (QED) is 0.662. The molecule has 0 aromatic carbocycles. The van der Waals surface area contributed by atoms with Gasteiger partial charge in [-0.2, -0.15) is 0 Å². The van der Waals surface area contributed by atoms with Crippen molar-refractivity contribution in [1.29, 1.82) is 0 Å². The van der Waals surface area contributed by atoms with Crippen LogP contribution in [0.4, 0.5) is 0 Å². The van der Waals surface area contributed by atoms with E-state index < -0.39 is 0 Å². The Hall–Kier alpha value is -1.06. The summed E-state index contributed by atoms with van der Waals surface area (Å²) in [4.78, 5) is 24.9. The van der Waals surface area contributed by atoms with Gasteiger partial charge in [-0.3, -0.25) is 4.79 Å². The number of hydrogen-bond donors (Lipinski definition) is 0. The first-order valence-electron chi connectivity index (χ1n) is 5.59. The predicted molar refractivity (Wildman–Crippen MR) is 56.3 cm³/mol. The van der Waals surface area contributed by atoms with E-state index in [0.717, 1.165) is 6.42 Å². The smallest absolute Gasteiger partial charge is 0.328 e. The number of likely N-dealkylation sites (tertiary alicyclic amines) is 1. The zero-order valence-corrected chi connectivity index (χ0v) is 9.66. The van der Waals surface area contributed by atoms with Gasteiger partial charge >= 0.3 is 5.97 Å². The highest BCUT2D eigenvalue weighted by atomic mass is 16.5. The summed E-state index contributed by atoms with van der Waals surface area (Å²) in [6.45, 7) is 6.13. The summed E-state index contributed by atoms with van der Waals surface area (Å²) in [5.74, 6) is -0.189. The third-order valence-corrected chi connectivity index (χ3v) is 2.88. The van der Waals surface area contributed by atoms with Gasteiger partial charge in [0, 0.05) is 12.5 Å².